The summed E-state index contributed by atoms with van der Waals surface area (Å²) in [6.07, 6.45) is 4.74. The smallest absolute Gasteiger partial charge is 0.231 e. The second-order valence-corrected chi connectivity index (χ2v) is 5.29. The van der Waals surface area contributed by atoms with Gasteiger partial charge in [0.2, 0.25) is 6.79 Å². The molecule has 0 saturated heterocycles. The fourth-order valence-electron chi connectivity index (χ4n) is 3.02. The Labute approximate surface area is 102 Å². The average molecular weight is 233 g/mol. The van der Waals surface area contributed by atoms with E-state index >= 15 is 0 Å². The molecule has 0 aromatic heterocycles. The summed E-state index contributed by atoms with van der Waals surface area (Å²) in [7, 11) is 0. The van der Waals surface area contributed by atoms with E-state index < -0.39 is 0 Å². The van der Waals surface area contributed by atoms with Gasteiger partial charge in [0.15, 0.2) is 11.5 Å². The number of benzene rings is 1. The normalized spacial score (nSPS) is 30.1. The van der Waals surface area contributed by atoms with Crippen molar-refractivity contribution in [3.63, 3.8) is 0 Å². The van der Waals surface area contributed by atoms with Gasteiger partial charge in [-0.05, 0) is 36.5 Å². The molecule has 1 fully saturated rings. The minimum absolute atomic E-state index is 0.138. The first-order chi connectivity index (χ1) is 8.21. The summed E-state index contributed by atoms with van der Waals surface area (Å²) in [6, 6.07) is 6.10. The first kappa shape index (κ1) is 10.9. The van der Waals surface area contributed by atoms with Crippen LogP contribution in [0.3, 0.4) is 0 Å². The Bertz CT molecular complexity index is 424. The largest absolute Gasteiger partial charge is 0.454 e. The second kappa shape index (κ2) is 3.91. The van der Waals surface area contributed by atoms with Crippen molar-refractivity contribution in [2.75, 3.05) is 6.79 Å². The molecule has 0 spiro atoms. The molecule has 1 heterocycles. The molecule has 0 amide bonds. The van der Waals surface area contributed by atoms with Crippen LogP contribution in [0, 0.1) is 5.92 Å². The Kier molecular flexibility index (Phi) is 2.51. The molecule has 2 N–H and O–H groups in total. The quantitative estimate of drug-likeness (QED) is 0.873. The van der Waals surface area contributed by atoms with Crippen LogP contribution in [-0.2, 0) is 5.54 Å². The summed E-state index contributed by atoms with van der Waals surface area (Å²) < 4.78 is 10.7. The maximum Gasteiger partial charge on any atom is 0.231 e. The molecule has 0 atom stereocenters. The molecule has 0 unspecified atom stereocenters. The van der Waals surface area contributed by atoms with Crippen molar-refractivity contribution in [1.29, 1.82) is 0 Å². The maximum absolute atomic E-state index is 6.44. The molecule has 1 aliphatic heterocycles. The van der Waals surface area contributed by atoms with Crippen LogP contribution in [0.15, 0.2) is 18.2 Å². The third-order valence-electron chi connectivity index (χ3n) is 3.95. The Balaban J connectivity index is 1.77. The van der Waals surface area contributed by atoms with Crippen molar-refractivity contribution >= 4 is 0 Å². The molecule has 1 aromatic carbocycles. The molecule has 3 rings (SSSR count). The number of nitrogens with two attached hydrogens (primary N) is 1. The van der Waals surface area contributed by atoms with Gasteiger partial charge >= 0.3 is 0 Å². The predicted molar refractivity (Wildman–Crippen MR) is 66.1 cm³/mol. The van der Waals surface area contributed by atoms with Gasteiger partial charge in [-0.1, -0.05) is 25.8 Å². The lowest BCUT2D eigenvalue weighted by molar-refractivity contribution is 0.137. The monoisotopic (exact) mass is 233 g/mol. The second-order valence-electron chi connectivity index (χ2n) is 5.29. The van der Waals surface area contributed by atoms with Crippen LogP contribution in [0.4, 0.5) is 0 Å². The number of hydrogen-bond acceptors (Lipinski definition) is 3. The number of fused-ring (bicyclic) bond motifs is 1. The molecular formula is C14H19NO2. The van der Waals surface area contributed by atoms with E-state index in [9.17, 15) is 0 Å². The van der Waals surface area contributed by atoms with Gasteiger partial charge in [0, 0.05) is 5.54 Å². The highest BCUT2D eigenvalue weighted by molar-refractivity contribution is 5.46. The first-order valence-electron chi connectivity index (χ1n) is 6.40. The molecular weight excluding hydrogens is 214 g/mol. The van der Waals surface area contributed by atoms with Gasteiger partial charge in [0.05, 0.1) is 0 Å². The first-order valence-corrected chi connectivity index (χ1v) is 6.40. The van der Waals surface area contributed by atoms with E-state index in [-0.39, 0.29) is 5.54 Å². The van der Waals surface area contributed by atoms with Crippen molar-refractivity contribution < 1.29 is 9.47 Å². The summed E-state index contributed by atoms with van der Waals surface area (Å²) in [5, 5.41) is 0. The van der Waals surface area contributed by atoms with Gasteiger partial charge in [-0.3, -0.25) is 0 Å². The standard InChI is InChI=1S/C14H19NO2/c1-2-3-10-7-14(15,8-10)11-4-5-12-13(6-11)17-9-16-12/h4-6,10H,2-3,7-9,15H2,1H3. The minimum Gasteiger partial charge on any atom is -0.454 e. The van der Waals surface area contributed by atoms with Gasteiger partial charge in [-0.15, -0.1) is 0 Å². The van der Waals surface area contributed by atoms with Crippen LogP contribution in [0.25, 0.3) is 0 Å². The summed E-state index contributed by atoms with van der Waals surface area (Å²) in [5.74, 6) is 2.48. The summed E-state index contributed by atoms with van der Waals surface area (Å²) in [4.78, 5) is 0. The van der Waals surface area contributed by atoms with Crippen LogP contribution in [0.2, 0.25) is 0 Å². The van der Waals surface area contributed by atoms with Crippen molar-refractivity contribution in [2.45, 2.75) is 38.1 Å². The van der Waals surface area contributed by atoms with Crippen LogP contribution in [0.5, 0.6) is 11.5 Å². The Morgan fingerprint density at radius 2 is 2.06 bits per heavy atom. The van der Waals surface area contributed by atoms with Crippen molar-refractivity contribution in [2.24, 2.45) is 11.7 Å². The van der Waals surface area contributed by atoms with E-state index in [1.807, 2.05) is 12.1 Å². The molecule has 3 nitrogen and oxygen atoms in total. The van der Waals surface area contributed by atoms with Gasteiger partial charge in [0.25, 0.3) is 0 Å². The fourth-order valence-corrected chi connectivity index (χ4v) is 3.02. The summed E-state index contributed by atoms with van der Waals surface area (Å²) >= 11 is 0. The number of ether oxygens (including phenoxy) is 2. The Morgan fingerprint density at radius 1 is 1.29 bits per heavy atom. The molecule has 1 aliphatic carbocycles. The van der Waals surface area contributed by atoms with Crippen LogP contribution in [-0.4, -0.2) is 6.79 Å². The molecule has 92 valence electrons. The SMILES string of the molecule is CCCC1CC(N)(c2ccc3c(c2)OCO3)C1. The van der Waals surface area contributed by atoms with E-state index in [4.69, 9.17) is 15.2 Å². The average Bonchev–Trinajstić information content (AvgIpc) is 2.73. The highest BCUT2D eigenvalue weighted by Gasteiger charge is 2.42. The molecule has 1 saturated carbocycles. The summed E-state index contributed by atoms with van der Waals surface area (Å²) in [6.45, 7) is 2.56. The van der Waals surface area contributed by atoms with Gasteiger partial charge in [-0.2, -0.15) is 0 Å². The minimum atomic E-state index is -0.138. The van der Waals surface area contributed by atoms with Crippen molar-refractivity contribution in [3.8, 4) is 11.5 Å². The molecule has 0 bridgehead atoms. The van der Waals surface area contributed by atoms with E-state index in [0.717, 1.165) is 30.3 Å². The van der Waals surface area contributed by atoms with Gasteiger partial charge < -0.3 is 15.2 Å². The fraction of sp³-hybridized carbons (Fsp3) is 0.571. The molecule has 0 radical (unpaired) electrons. The molecule has 3 heteroatoms. The van der Waals surface area contributed by atoms with Crippen LogP contribution in [0.1, 0.15) is 38.2 Å². The zero-order valence-corrected chi connectivity index (χ0v) is 10.2. The number of rotatable bonds is 3. The highest BCUT2D eigenvalue weighted by atomic mass is 16.7. The maximum atomic E-state index is 6.44. The predicted octanol–water partition coefficient (Wildman–Crippen LogP) is 2.78. The topological polar surface area (TPSA) is 44.5 Å². The van der Waals surface area contributed by atoms with Crippen LogP contribution >= 0.6 is 0 Å². The molecule has 2 aliphatic rings. The van der Waals surface area contributed by atoms with Gasteiger partial charge in [-0.25, -0.2) is 0 Å². The third kappa shape index (κ3) is 1.78. The highest BCUT2D eigenvalue weighted by Crippen LogP contribution is 2.47. The number of hydrogen-bond donors (Lipinski definition) is 1. The van der Waals surface area contributed by atoms with E-state index in [2.05, 4.69) is 13.0 Å². The Morgan fingerprint density at radius 3 is 2.82 bits per heavy atom. The van der Waals surface area contributed by atoms with Crippen molar-refractivity contribution in [1.82, 2.24) is 0 Å². The van der Waals surface area contributed by atoms with Crippen molar-refractivity contribution in [3.05, 3.63) is 23.8 Å². The molecule has 1 aromatic rings. The lowest BCUT2D eigenvalue weighted by atomic mass is 9.64. The van der Waals surface area contributed by atoms with Crippen LogP contribution < -0.4 is 15.2 Å². The Hall–Kier alpha value is -1.22. The summed E-state index contributed by atoms with van der Waals surface area (Å²) in [5.41, 5.74) is 7.49. The van der Waals surface area contributed by atoms with E-state index in [1.165, 1.54) is 18.4 Å². The van der Waals surface area contributed by atoms with E-state index in [0.29, 0.717) is 6.79 Å². The van der Waals surface area contributed by atoms with Gasteiger partial charge in [0.1, 0.15) is 0 Å². The molecule has 17 heavy (non-hydrogen) atoms. The zero-order valence-electron chi connectivity index (χ0n) is 10.2. The van der Waals surface area contributed by atoms with E-state index in [1.54, 1.807) is 0 Å². The zero-order chi connectivity index (χ0) is 11.9. The lowest BCUT2D eigenvalue weighted by Crippen LogP contribution is -2.48. The lowest BCUT2D eigenvalue weighted by Gasteiger charge is -2.45. The third-order valence-corrected chi connectivity index (χ3v) is 3.95.